The van der Waals surface area contributed by atoms with Gasteiger partial charge in [0.05, 0.1) is 24.4 Å². The van der Waals surface area contributed by atoms with Gasteiger partial charge in [0, 0.05) is 12.7 Å². The first kappa shape index (κ1) is 12.7. The summed E-state index contributed by atoms with van der Waals surface area (Å²) in [6, 6.07) is 11.4. The molecular weight excluding hydrogens is 252 g/mol. The molecule has 0 saturated carbocycles. The van der Waals surface area contributed by atoms with Gasteiger partial charge in [0.2, 0.25) is 0 Å². The highest BCUT2D eigenvalue weighted by Gasteiger charge is 2.34. The van der Waals surface area contributed by atoms with Crippen LogP contribution in [0.5, 0.6) is 5.75 Å². The third-order valence-corrected chi connectivity index (χ3v) is 3.71. The molecule has 1 aliphatic rings. The van der Waals surface area contributed by atoms with Crippen molar-refractivity contribution in [2.24, 2.45) is 0 Å². The Morgan fingerprint density at radius 2 is 2.00 bits per heavy atom. The Morgan fingerprint density at radius 1 is 1.25 bits per heavy atom. The van der Waals surface area contributed by atoms with E-state index >= 15 is 0 Å². The van der Waals surface area contributed by atoms with Gasteiger partial charge in [-0.1, -0.05) is 12.1 Å². The predicted molar refractivity (Wildman–Crippen MR) is 75.5 cm³/mol. The molecule has 2 heterocycles. The number of amides is 1. The summed E-state index contributed by atoms with van der Waals surface area (Å²) in [4.78, 5) is 18.6. The highest BCUT2D eigenvalue weighted by atomic mass is 16.5. The fourth-order valence-corrected chi connectivity index (χ4v) is 2.55. The van der Waals surface area contributed by atoms with Crippen LogP contribution in [0.15, 0.2) is 42.6 Å². The van der Waals surface area contributed by atoms with E-state index in [0.29, 0.717) is 12.1 Å². The van der Waals surface area contributed by atoms with Crippen molar-refractivity contribution >= 4 is 5.91 Å². The first-order valence-electron chi connectivity index (χ1n) is 6.59. The summed E-state index contributed by atoms with van der Waals surface area (Å²) < 4.78 is 5.14. The van der Waals surface area contributed by atoms with Crippen molar-refractivity contribution in [3.8, 4) is 5.75 Å². The Kier molecular flexibility index (Phi) is 3.14. The van der Waals surface area contributed by atoms with Crippen LogP contribution in [0, 0.1) is 0 Å². The van der Waals surface area contributed by atoms with E-state index < -0.39 is 0 Å². The molecule has 0 N–H and O–H groups in total. The van der Waals surface area contributed by atoms with Crippen LogP contribution in [-0.4, -0.2) is 22.9 Å². The molecule has 0 bridgehead atoms. The van der Waals surface area contributed by atoms with Crippen LogP contribution in [-0.2, 0) is 6.54 Å². The lowest BCUT2D eigenvalue weighted by Gasteiger charge is -2.21. The lowest BCUT2D eigenvalue weighted by molar-refractivity contribution is 0.0722. The second-order valence-corrected chi connectivity index (χ2v) is 4.89. The summed E-state index contributed by atoms with van der Waals surface area (Å²) >= 11 is 0. The van der Waals surface area contributed by atoms with Crippen LogP contribution < -0.4 is 4.74 Å². The maximum Gasteiger partial charge on any atom is 0.256 e. The largest absolute Gasteiger partial charge is 0.497 e. The van der Waals surface area contributed by atoms with Crippen LogP contribution in [0.1, 0.15) is 34.6 Å². The van der Waals surface area contributed by atoms with Crippen molar-refractivity contribution in [3.05, 3.63) is 59.4 Å². The second-order valence-electron chi connectivity index (χ2n) is 4.89. The Morgan fingerprint density at radius 3 is 2.65 bits per heavy atom. The minimum absolute atomic E-state index is 0.0146. The highest BCUT2D eigenvalue weighted by Crippen LogP contribution is 2.32. The number of aromatic nitrogens is 1. The van der Waals surface area contributed by atoms with Gasteiger partial charge in [0.15, 0.2) is 0 Å². The molecule has 2 aromatic rings. The van der Waals surface area contributed by atoms with Gasteiger partial charge in [-0.15, -0.1) is 0 Å². The van der Waals surface area contributed by atoms with Gasteiger partial charge in [-0.05, 0) is 36.8 Å². The van der Waals surface area contributed by atoms with Crippen LogP contribution >= 0.6 is 0 Å². The number of pyridine rings is 1. The molecule has 1 atom stereocenters. The van der Waals surface area contributed by atoms with Crippen molar-refractivity contribution in [2.75, 3.05) is 7.11 Å². The number of benzene rings is 1. The third-order valence-electron chi connectivity index (χ3n) is 3.71. The molecule has 3 rings (SSSR count). The van der Waals surface area contributed by atoms with Gasteiger partial charge in [0.25, 0.3) is 5.91 Å². The Hall–Kier alpha value is -2.36. The summed E-state index contributed by atoms with van der Waals surface area (Å²) in [6.45, 7) is 2.60. The quantitative estimate of drug-likeness (QED) is 0.859. The molecule has 20 heavy (non-hydrogen) atoms. The number of carbonyl (C=O) groups excluding carboxylic acids is 1. The summed E-state index contributed by atoms with van der Waals surface area (Å²) in [5.74, 6) is 0.871. The zero-order valence-electron chi connectivity index (χ0n) is 11.5. The average Bonchev–Trinajstić information content (AvgIpc) is 2.74. The predicted octanol–water partition coefficient (Wildman–Crippen LogP) is 2.81. The number of rotatable bonds is 3. The van der Waals surface area contributed by atoms with Gasteiger partial charge in [-0.25, -0.2) is 0 Å². The van der Waals surface area contributed by atoms with E-state index in [1.165, 1.54) is 0 Å². The van der Waals surface area contributed by atoms with Gasteiger partial charge in [-0.3, -0.25) is 9.78 Å². The number of hydrogen-bond acceptors (Lipinski definition) is 3. The van der Waals surface area contributed by atoms with Gasteiger partial charge in [0.1, 0.15) is 5.75 Å². The van der Waals surface area contributed by atoms with Crippen LogP contribution in [0.3, 0.4) is 0 Å². The Balaban J connectivity index is 1.83. The molecule has 0 fully saturated rings. The normalized spacial score (nSPS) is 17.2. The van der Waals surface area contributed by atoms with Crippen molar-refractivity contribution in [3.63, 3.8) is 0 Å². The minimum atomic E-state index is 0.0146. The van der Waals surface area contributed by atoms with Crippen LogP contribution in [0.25, 0.3) is 0 Å². The monoisotopic (exact) mass is 268 g/mol. The summed E-state index contributed by atoms with van der Waals surface area (Å²) in [6.07, 6.45) is 1.74. The molecule has 4 nitrogen and oxygen atoms in total. The van der Waals surface area contributed by atoms with Crippen LogP contribution in [0.2, 0.25) is 0 Å². The molecule has 1 aliphatic heterocycles. The molecule has 1 aromatic heterocycles. The first-order valence-corrected chi connectivity index (χ1v) is 6.59. The van der Waals surface area contributed by atoms with E-state index in [-0.39, 0.29) is 11.9 Å². The van der Waals surface area contributed by atoms with Crippen molar-refractivity contribution in [2.45, 2.75) is 19.5 Å². The zero-order valence-corrected chi connectivity index (χ0v) is 11.5. The van der Waals surface area contributed by atoms with E-state index in [1.54, 1.807) is 19.4 Å². The molecule has 1 unspecified atom stereocenters. The molecular formula is C16H16N2O2. The van der Waals surface area contributed by atoms with E-state index in [1.807, 2.05) is 42.2 Å². The topological polar surface area (TPSA) is 42.4 Å². The number of fused-ring (bicyclic) bond motifs is 1. The van der Waals surface area contributed by atoms with Crippen molar-refractivity contribution in [1.82, 2.24) is 9.88 Å². The van der Waals surface area contributed by atoms with Gasteiger partial charge >= 0.3 is 0 Å². The number of hydrogen-bond donors (Lipinski definition) is 0. The Labute approximate surface area is 118 Å². The smallest absolute Gasteiger partial charge is 0.256 e. The molecule has 0 aliphatic carbocycles. The van der Waals surface area contributed by atoms with Gasteiger partial charge < -0.3 is 9.64 Å². The van der Waals surface area contributed by atoms with Crippen molar-refractivity contribution < 1.29 is 9.53 Å². The number of methoxy groups -OCH3 is 1. The lowest BCUT2D eigenvalue weighted by atomic mass is 10.1. The minimum Gasteiger partial charge on any atom is -0.497 e. The fraction of sp³-hybridized carbons (Fsp3) is 0.250. The maximum absolute atomic E-state index is 12.4. The first-order chi connectivity index (χ1) is 9.70. The molecule has 1 amide bonds. The third kappa shape index (κ3) is 2.03. The van der Waals surface area contributed by atoms with Crippen LogP contribution in [0.4, 0.5) is 0 Å². The second kappa shape index (κ2) is 4.96. The molecule has 4 heteroatoms. The highest BCUT2D eigenvalue weighted by molar-refractivity contribution is 5.98. The summed E-state index contributed by atoms with van der Waals surface area (Å²) in [7, 11) is 1.64. The van der Waals surface area contributed by atoms with E-state index in [0.717, 1.165) is 17.0 Å². The average molecular weight is 268 g/mol. The number of ether oxygens (including phenoxy) is 1. The maximum atomic E-state index is 12.4. The number of nitrogens with zero attached hydrogens (tertiary/aromatic N) is 2. The zero-order chi connectivity index (χ0) is 14.1. The molecule has 102 valence electrons. The van der Waals surface area contributed by atoms with Crippen molar-refractivity contribution in [1.29, 1.82) is 0 Å². The van der Waals surface area contributed by atoms with E-state index in [9.17, 15) is 4.79 Å². The summed E-state index contributed by atoms with van der Waals surface area (Å²) in [5.41, 5.74) is 2.67. The fourth-order valence-electron chi connectivity index (χ4n) is 2.55. The number of carbonyl (C=O) groups is 1. The lowest BCUT2D eigenvalue weighted by Crippen LogP contribution is -2.26. The Bertz CT molecular complexity index is 637. The van der Waals surface area contributed by atoms with E-state index in [4.69, 9.17) is 4.74 Å². The standard InChI is InChI=1S/C16H16N2O2/c1-11-15-14(4-3-9-17-15)16(19)18(11)10-12-5-7-13(20-2)8-6-12/h3-9,11H,10H2,1-2H3. The molecule has 0 radical (unpaired) electrons. The van der Waals surface area contributed by atoms with Gasteiger partial charge in [-0.2, -0.15) is 0 Å². The molecule has 1 aromatic carbocycles. The molecule has 0 saturated heterocycles. The van der Waals surface area contributed by atoms with E-state index in [2.05, 4.69) is 4.98 Å². The summed E-state index contributed by atoms with van der Waals surface area (Å²) in [5, 5.41) is 0. The molecule has 0 spiro atoms. The SMILES string of the molecule is COc1ccc(CN2C(=O)c3cccnc3C2C)cc1.